The highest BCUT2D eigenvalue weighted by Gasteiger charge is 2.25. The minimum atomic E-state index is 0.332. The SMILES string of the molecule is CCCNC(CN(C)CC(C)CC)C(C)(C)C. The summed E-state index contributed by atoms with van der Waals surface area (Å²) < 4.78 is 0. The maximum Gasteiger partial charge on any atom is 0.0243 e. The number of likely N-dealkylation sites (N-methyl/N-ethyl adjacent to an activating group) is 1. The molecule has 0 aromatic carbocycles. The van der Waals surface area contributed by atoms with Gasteiger partial charge in [-0.25, -0.2) is 0 Å². The van der Waals surface area contributed by atoms with E-state index in [1.165, 1.54) is 19.4 Å². The van der Waals surface area contributed by atoms with Crippen molar-refractivity contribution in [2.45, 2.75) is 60.4 Å². The van der Waals surface area contributed by atoms with Gasteiger partial charge in [0.25, 0.3) is 0 Å². The van der Waals surface area contributed by atoms with Crippen molar-refractivity contribution in [1.82, 2.24) is 10.2 Å². The molecule has 0 heterocycles. The Labute approximate surface area is 109 Å². The van der Waals surface area contributed by atoms with Crippen LogP contribution in [0.3, 0.4) is 0 Å². The van der Waals surface area contributed by atoms with Crippen molar-refractivity contribution in [3.8, 4) is 0 Å². The summed E-state index contributed by atoms with van der Waals surface area (Å²) in [6.45, 7) is 17.3. The molecule has 0 saturated heterocycles. The Morgan fingerprint density at radius 3 is 2.12 bits per heavy atom. The first-order valence-electron chi connectivity index (χ1n) is 7.23. The fourth-order valence-electron chi connectivity index (χ4n) is 2.01. The van der Waals surface area contributed by atoms with E-state index in [1.807, 2.05) is 0 Å². The third-order valence-electron chi connectivity index (χ3n) is 3.50. The Bertz CT molecular complexity index is 184. The van der Waals surface area contributed by atoms with Crippen LogP contribution in [-0.2, 0) is 0 Å². The summed E-state index contributed by atoms with van der Waals surface area (Å²) in [6, 6.07) is 0.580. The molecule has 0 aromatic rings. The van der Waals surface area contributed by atoms with Gasteiger partial charge < -0.3 is 10.2 Å². The molecule has 0 bridgehead atoms. The molecule has 0 spiro atoms. The van der Waals surface area contributed by atoms with Gasteiger partial charge in [-0.3, -0.25) is 0 Å². The summed E-state index contributed by atoms with van der Waals surface area (Å²) >= 11 is 0. The first kappa shape index (κ1) is 16.9. The van der Waals surface area contributed by atoms with Crippen LogP contribution in [0.1, 0.15) is 54.4 Å². The normalized spacial score (nSPS) is 16.2. The first-order chi connectivity index (χ1) is 7.81. The molecule has 1 N–H and O–H groups in total. The predicted octanol–water partition coefficient (Wildman–Crippen LogP) is 3.38. The molecule has 0 amide bonds. The quantitative estimate of drug-likeness (QED) is 0.702. The fraction of sp³-hybridized carbons (Fsp3) is 1.00. The summed E-state index contributed by atoms with van der Waals surface area (Å²) in [4.78, 5) is 2.48. The molecule has 2 nitrogen and oxygen atoms in total. The van der Waals surface area contributed by atoms with Gasteiger partial charge in [-0.1, -0.05) is 48.0 Å². The number of hydrogen-bond acceptors (Lipinski definition) is 2. The molecule has 0 saturated carbocycles. The fourth-order valence-corrected chi connectivity index (χ4v) is 2.01. The molecule has 0 rings (SSSR count). The van der Waals surface area contributed by atoms with E-state index < -0.39 is 0 Å². The van der Waals surface area contributed by atoms with Gasteiger partial charge in [0.05, 0.1) is 0 Å². The Morgan fingerprint density at radius 1 is 1.12 bits per heavy atom. The maximum atomic E-state index is 3.69. The minimum absolute atomic E-state index is 0.332. The molecule has 0 fully saturated rings. The van der Waals surface area contributed by atoms with Crippen LogP contribution in [0, 0.1) is 11.3 Å². The third kappa shape index (κ3) is 7.77. The van der Waals surface area contributed by atoms with Gasteiger partial charge in [0, 0.05) is 19.1 Å². The third-order valence-corrected chi connectivity index (χ3v) is 3.50. The molecular weight excluding hydrogens is 208 g/mol. The second kappa shape index (κ2) is 8.10. The van der Waals surface area contributed by atoms with Crippen LogP contribution in [0.25, 0.3) is 0 Å². The molecule has 17 heavy (non-hydrogen) atoms. The maximum absolute atomic E-state index is 3.69. The van der Waals surface area contributed by atoms with E-state index >= 15 is 0 Å². The smallest absolute Gasteiger partial charge is 0.0243 e. The summed E-state index contributed by atoms with van der Waals surface area (Å²) in [7, 11) is 2.25. The lowest BCUT2D eigenvalue weighted by Crippen LogP contribution is -2.48. The van der Waals surface area contributed by atoms with Gasteiger partial charge in [0.15, 0.2) is 0 Å². The van der Waals surface area contributed by atoms with Gasteiger partial charge in [0.2, 0.25) is 0 Å². The zero-order valence-electron chi connectivity index (χ0n) is 13.1. The summed E-state index contributed by atoms with van der Waals surface area (Å²) in [5.74, 6) is 0.798. The highest BCUT2D eigenvalue weighted by Crippen LogP contribution is 2.20. The van der Waals surface area contributed by atoms with E-state index in [0.29, 0.717) is 11.5 Å². The predicted molar refractivity (Wildman–Crippen MR) is 78.5 cm³/mol. The molecular formula is C15H34N2. The van der Waals surface area contributed by atoms with Gasteiger partial charge >= 0.3 is 0 Å². The molecule has 2 atom stereocenters. The lowest BCUT2D eigenvalue weighted by atomic mass is 9.86. The largest absolute Gasteiger partial charge is 0.312 e. The van der Waals surface area contributed by atoms with Crippen LogP contribution in [-0.4, -0.2) is 37.6 Å². The zero-order valence-corrected chi connectivity index (χ0v) is 13.1. The number of hydrogen-bond donors (Lipinski definition) is 1. The van der Waals surface area contributed by atoms with Crippen molar-refractivity contribution in [2.75, 3.05) is 26.7 Å². The Kier molecular flexibility index (Phi) is 8.06. The zero-order chi connectivity index (χ0) is 13.5. The number of nitrogens with zero attached hydrogens (tertiary/aromatic N) is 1. The Morgan fingerprint density at radius 2 is 1.71 bits per heavy atom. The second-order valence-electron chi connectivity index (χ2n) is 6.61. The summed E-state index contributed by atoms with van der Waals surface area (Å²) in [5.41, 5.74) is 0.332. The number of rotatable bonds is 8. The summed E-state index contributed by atoms with van der Waals surface area (Å²) in [6.07, 6.45) is 2.48. The van der Waals surface area contributed by atoms with Crippen molar-refractivity contribution in [1.29, 1.82) is 0 Å². The van der Waals surface area contributed by atoms with Crippen LogP contribution in [0.5, 0.6) is 0 Å². The number of nitrogens with one attached hydrogen (secondary N) is 1. The van der Waals surface area contributed by atoms with Gasteiger partial charge in [-0.05, 0) is 31.3 Å². The van der Waals surface area contributed by atoms with Crippen molar-refractivity contribution < 1.29 is 0 Å². The monoisotopic (exact) mass is 242 g/mol. The van der Waals surface area contributed by atoms with Crippen LogP contribution in [0.15, 0.2) is 0 Å². The average Bonchev–Trinajstić information content (AvgIpc) is 2.22. The Balaban J connectivity index is 4.22. The molecule has 0 radical (unpaired) electrons. The van der Waals surface area contributed by atoms with E-state index in [-0.39, 0.29) is 0 Å². The molecule has 104 valence electrons. The van der Waals surface area contributed by atoms with Crippen LogP contribution in [0.2, 0.25) is 0 Å². The van der Waals surface area contributed by atoms with E-state index in [9.17, 15) is 0 Å². The van der Waals surface area contributed by atoms with Crippen molar-refractivity contribution in [3.63, 3.8) is 0 Å². The van der Waals surface area contributed by atoms with Gasteiger partial charge in [-0.15, -0.1) is 0 Å². The van der Waals surface area contributed by atoms with E-state index in [2.05, 4.69) is 58.8 Å². The van der Waals surface area contributed by atoms with Gasteiger partial charge in [-0.2, -0.15) is 0 Å². The second-order valence-corrected chi connectivity index (χ2v) is 6.61. The highest BCUT2D eigenvalue weighted by molar-refractivity contribution is 4.83. The van der Waals surface area contributed by atoms with Crippen molar-refractivity contribution >= 4 is 0 Å². The molecule has 0 aliphatic heterocycles. The molecule has 0 aromatic heterocycles. The van der Waals surface area contributed by atoms with Crippen molar-refractivity contribution in [3.05, 3.63) is 0 Å². The van der Waals surface area contributed by atoms with Crippen LogP contribution >= 0.6 is 0 Å². The van der Waals surface area contributed by atoms with Gasteiger partial charge in [0.1, 0.15) is 0 Å². The molecule has 2 heteroatoms. The lowest BCUT2D eigenvalue weighted by Gasteiger charge is -2.35. The lowest BCUT2D eigenvalue weighted by molar-refractivity contribution is 0.180. The van der Waals surface area contributed by atoms with Crippen LogP contribution in [0.4, 0.5) is 0 Å². The highest BCUT2D eigenvalue weighted by atomic mass is 15.1. The molecule has 2 unspecified atom stereocenters. The Hall–Kier alpha value is -0.0800. The minimum Gasteiger partial charge on any atom is -0.312 e. The standard InChI is InChI=1S/C15H34N2/c1-8-10-16-14(15(4,5)6)12-17(7)11-13(3)9-2/h13-14,16H,8-12H2,1-7H3. The van der Waals surface area contributed by atoms with Crippen molar-refractivity contribution in [2.24, 2.45) is 11.3 Å². The van der Waals surface area contributed by atoms with E-state index in [4.69, 9.17) is 0 Å². The molecule has 0 aliphatic rings. The molecule has 0 aliphatic carbocycles. The first-order valence-corrected chi connectivity index (χ1v) is 7.23. The van der Waals surface area contributed by atoms with Crippen LogP contribution < -0.4 is 5.32 Å². The summed E-state index contributed by atoms with van der Waals surface area (Å²) in [5, 5.41) is 3.69. The topological polar surface area (TPSA) is 15.3 Å². The average molecular weight is 242 g/mol. The van der Waals surface area contributed by atoms with E-state index in [0.717, 1.165) is 19.0 Å². The van der Waals surface area contributed by atoms with E-state index in [1.54, 1.807) is 0 Å².